The molecule has 0 aromatic heterocycles. The summed E-state index contributed by atoms with van der Waals surface area (Å²) in [4.78, 5) is 4.93. The topological polar surface area (TPSA) is 20.6 Å². The van der Waals surface area contributed by atoms with Crippen molar-refractivity contribution >= 4 is 0 Å². The van der Waals surface area contributed by atoms with Crippen LogP contribution in [-0.4, -0.2) is 50.1 Å². The molecular weight excluding hydrogens is 210 g/mol. The molecule has 1 saturated heterocycles. The molecule has 0 bridgehead atoms. The van der Waals surface area contributed by atoms with Gasteiger partial charge in [0.1, 0.15) is 0 Å². The van der Waals surface area contributed by atoms with Gasteiger partial charge in [-0.1, -0.05) is 29.8 Å². The first-order valence-corrected chi connectivity index (χ1v) is 6.33. The van der Waals surface area contributed by atoms with Crippen molar-refractivity contribution in [1.82, 2.24) is 9.80 Å². The molecular formula is C14H22N3-. The van der Waals surface area contributed by atoms with Crippen LogP contribution in [0.2, 0.25) is 0 Å². The number of piperazine rings is 1. The highest BCUT2D eigenvalue weighted by atomic mass is 15.2. The van der Waals surface area contributed by atoms with Gasteiger partial charge >= 0.3 is 0 Å². The Morgan fingerprint density at radius 1 is 1.06 bits per heavy atom. The van der Waals surface area contributed by atoms with Crippen LogP contribution in [-0.2, 0) is 13.1 Å². The smallest absolute Gasteiger partial charge is 0.0236 e. The highest BCUT2D eigenvalue weighted by Gasteiger charge is 2.14. The Balaban J connectivity index is 1.98. The number of nitrogens with zero attached hydrogens (tertiary/aromatic N) is 3. The molecule has 2 rings (SSSR count). The molecule has 1 aromatic carbocycles. The molecule has 1 aliphatic heterocycles. The van der Waals surface area contributed by atoms with E-state index in [1.807, 2.05) is 7.05 Å². The molecule has 1 aromatic rings. The number of hydrogen-bond acceptors (Lipinski definition) is 2. The van der Waals surface area contributed by atoms with Crippen LogP contribution < -0.4 is 0 Å². The van der Waals surface area contributed by atoms with Crippen LogP contribution in [0.5, 0.6) is 0 Å². The van der Waals surface area contributed by atoms with E-state index in [4.69, 9.17) is 0 Å². The Labute approximate surface area is 104 Å². The maximum absolute atomic E-state index is 4.24. The number of hydrogen-bond donors (Lipinski definition) is 0. The van der Waals surface area contributed by atoms with Crippen LogP contribution in [0.25, 0.3) is 5.32 Å². The fraction of sp³-hybridized carbons (Fsp3) is 0.571. The van der Waals surface area contributed by atoms with Crippen molar-refractivity contribution in [1.29, 1.82) is 0 Å². The highest BCUT2D eigenvalue weighted by Crippen LogP contribution is 2.15. The van der Waals surface area contributed by atoms with Gasteiger partial charge < -0.3 is 10.2 Å². The summed E-state index contributed by atoms with van der Waals surface area (Å²) in [5.41, 5.74) is 2.80. The molecule has 0 amide bonds. The molecule has 1 fully saturated rings. The van der Waals surface area contributed by atoms with Crippen LogP contribution in [0.1, 0.15) is 11.1 Å². The second-order valence-electron chi connectivity index (χ2n) is 4.82. The Morgan fingerprint density at radius 2 is 1.71 bits per heavy atom. The van der Waals surface area contributed by atoms with Crippen LogP contribution in [0.15, 0.2) is 24.3 Å². The van der Waals surface area contributed by atoms with Gasteiger partial charge in [0.25, 0.3) is 0 Å². The summed E-state index contributed by atoms with van der Waals surface area (Å²) in [6, 6.07) is 8.66. The Bertz CT molecular complexity index is 343. The molecule has 1 aliphatic rings. The maximum Gasteiger partial charge on any atom is 0.0236 e. The lowest BCUT2D eigenvalue weighted by Gasteiger charge is -2.33. The van der Waals surface area contributed by atoms with Gasteiger partial charge in [-0.2, -0.15) is 7.05 Å². The summed E-state index contributed by atoms with van der Waals surface area (Å²) in [5, 5.41) is 4.24. The molecule has 94 valence electrons. The third kappa shape index (κ3) is 3.53. The van der Waals surface area contributed by atoms with Gasteiger partial charge in [-0.05, 0) is 12.6 Å². The van der Waals surface area contributed by atoms with Gasteiger partial charge in [-0.3, -0.25) is 4.90 Å². The van der Waals surface area contributed by atoms with Crippen molar-refractivity contribution in [3.05, 3.63) is 40.7 Å². The van der Waals surface area contributed by atoms with E-state index < -0.39 is 0 Å². The molecule has 0 saturated carbocycles. The van der Waals surface area contributed by atoms with E-state index >= 15 is 0 Å². The Morgan fingerprint density at radius 3 is 2.35 bits per heavy atom. The van der Waals surface area contributed by atoms with Crippen molar-refractivity contribution in [3.8, 4) is 0 Å². The van der Waals surface area contributed by atoms with E-state index in [1.165, 1.54) is 37.3 Å². The number of likely N-dealkylation sites (N-methyl/N-ethyl adjacent to an activating group) is 1. The summed E-state index contributed by atoms with van der Waals surface area (Å²) in [6.45, 7) is 6.62. The summed E-state index contributed by atoms with van der Waals surface area (Å²) >= 11 is 0. The first kappa shape index (κ1) is 12.6. The molecule has 3 nitrogen and oxygen atoms in total. The molecule has 0 atom stereocenters. The third-order valence-corrected chi connectivity index (χ3v) is 3.44. The minimum Gasteiger partial charge on any atom is -0.661 e. The fourth-order valence-corrected chi connectivity index (χ4v) is 2.28. The molecule has 0 radical (unpaired) electrons. The summed E-state index contributed by atoms with van der Waals surface area (Å²) in [5.74, 6) is 0. The molecule has 1 heterocycles. The van der Waals surface area contributed by atoms with Crippen LogP contribution >= 0.6 is 0 Å². The summed E-state index contributed by atoms with van der Waals surface area (Å²) < 4.78 is 0. The maximum atomic E-state index is 4.24. The molecule has 0 N–H and O–H groups in total. The van der Waals surface area contributed by atoms with Crippen molar-refractivity contribution in [3.63, 3.8) is 0 Å². The van der Waals surface area contributed by atoms with Crippen molar-refractivity contribution in [2.24, 2.45) is 0 Å². The second kappa shape index (κ2) is 6.15. The first-order valence-electron chi connectivity index (χ1n) is 6.33. The number of benzene rings is 1. The second-order valence-corrected chi connectivity index (χ2v) is 4.82. The quantitative estimate of drug-likeness (QED) is 0.791. The van der Waals surface area contributed by atoms with Gasteiger partial charge in [0.15, 0.2) is 0 Å². The summed E-state index contributed by atoms with van der Waals surface area (Å²) in [7, 11) is 4.08. The van der Waals surface area contributed by atoms with Crippen LogP contribution in [0, 0.1) is 0 Å². The predicted molar refractivity (Wildman–Crippen MR) is 72.2 cm³/mol. The average molecular weight is 232 g/mol. The molecule has 3 heteroatoms. The Kier molecular flexibility index (Phi) is 4.54. The zero-order valence-corrected chi connectivity index (χ0v) is 10.9. The third-order valence-electron chi connectivity index (χ3n) is 3.44. The SMILES string of the molecule is C[N-]Cc1ccccc1CN1CCN(C)CC1. The Hall–Kier alpha value is -0.900. The van der Waals surface area contributed by atoms with Gasteiger partial charge in [0.05, 0.1) is 0 Å². The van der Waals surface area contributed by atoms with E-state index in [9.17, 15) is 0 Å². The lowest BCUT2D eigenvalue weighted by atomic mass is 10.1. The van der Waals surface area contributed by atoms with E-state index in [0.29, 0.717) is 0 Å². The predicted octanol–water partition coefficient (Wildman–Crippen LogP) is 1.94. The molecule has 0 unspecified atom stereocenters. The molecule has 0 aliphatic carbocycles. The summed E-state index contributed by atoms with van der Waals surface area (Å²) in [6.07, 6.45) is 0. The molecule has 17 heavy (non-hydrogen) atoms. The van der Waals surface area contributed by atoms with E-state index in [1.54, 1.807) is 0 Å². The van der Waals surface area contributed by atoms with E-state index in [2.05, 4.69) is 46.4 Å². The normalized spacial score (nSPS) is 18.5. The van der Waals surface area contributed by atoms with Gasteiger partial charge in [-0.25, -0.2) is 0 Å². The van der Waals surface area contributed by atoms with E-state index in [-0.39, 0.29) is 0 Å². The van der Waals surface area contributed by atoms with Crippen LogP contribution in [0.4, 0.5) is 0 Å². The van der Waals surface area contributed by atoms with Crippen LogP contribution in [0.3, 0.4) is 0 Å². The van der Waals surface area contributed by atoms with Crippen molar-refractivity contribution in [2.75, 3.05) is 40.3 Å². The van der Waals surface area contributed by atoms with E-state index in [0.717, 1.165) is 13.1 Å². The minimum atomic E-state index is 0.837. The fourth-order valence-electron chi connectivity index (χ4n) is 2.28. The monoisotopic (exact) mass is 232 g/mol. The highest BCUT2D eigenvalue weighted by molar-refractivity contribution is 5.28. The minimum absolute atomic E-state index is 0.837. The van der Waals surface area contributed by atoms with Gasteiger partial charge in [-0.15, -0.1) is 6.54 Å². The van der Waals surface area contributed by atoms with Crippen molar-refractivity contribution < 1.29 is 0 Å². The zero-order valence-electron chi connectivity index (χ0n) is 10.9. The lowest BCUT2D eigenvalue weighted by molar-refractivity contribution is 0.148. The molecule has 0 spiro atoms. The first-order chi connectivity index (χ1) is 8.29. The number of rotatable bonds is 4. The van der Waals surface area contributed by atoms with Crippen molar-refractivity contribution in [2.45, 2.75) is 13.1 Å². The lowest BCUT2D eigenvalue weighted by Crippen LogP contribution is -2.44. The van der Waals surface area contributed by atoms with Gasteiger partial charge in [0, 0.05) is 32.7 Å². The van der Waals surface area contributed by atoms with Gasteiger partial charge in [0.2, 0.25) is 0 Å². The largest absolute Gasteiger partial charge is 0.661 e. The average Bonchev–Trinajstić information content (AvgIpc) is 2.35. The standard InChI is InChI=1S/C14H22N3/c1-15-11-13-5-3-4-6-14(13)12-17-9-7-16(2)8-10-17/h3-6H,7-12H2,1-2H3/q-1. The zero-order chi connectivity index (χ0) is 12.1.